The van der Waals surface area contributed by atoms with Gasteiger partial charge in [0.25, 0.3) is 0 Å². The van der Waals surface area contributed by atoms with Crippen LogP contribution in [0, 0.1) is 5.92 Å². The molecule has 40 heavy (non-hydrogen) atoms. The van der Waals surface area contributed by atoms with Crippen molar-refractivity contribution < 1.29 is 9.59 Å². The van der Waals surface area contributed by atoms with E-state index in [2.05, 4.69) is 122 Å². The van der Waals surface area contributed by atoms with Gasteiger partial charge in [-0.3, -0.25) is 14.5 Å². The number of carbonyl (C=O) groups is 2. The third kappa shape index (κ3) is 9.26. The average molecular weight is 734 g/mol. The first-order chi connectivity index (χ1) is 19.1. The molecule has 4 rings (SSSR count). The van der Waals surface area contributed by atoms with Crippen LogP contribution in [0.25, 0.3) is 0 Å². The quantitative estimate of drug-likeness (QED) is 0.255. The fourth-order valence-corrected chi connectivity index (χ4v) is 6.99. The van der Waals surface area contributed by atoms with Gasteiger partial charge in [0.1, 0.15) is 0 Å². The molecule has 1 heterocycles. The topological polar surface area (TPSA) is 43.9 Å². The predicted octanol–water partition coefficient (Wildman–Crippen LogP) is 8.04. The highest BCUT2D eigenvalue weighted by molar-refractivity contribution is 9.11. The summed E-state index contributed by atoms with van der Waals surface area (Å²) in [6.45, 7) is 7.86. The van der Waals surface area contributed by atoms with Gasteiger partial charge in [0.2, 0.25) is 12.3 Å². The smallest absolute Gasteiger partial charge is 0.223 e. The molecule has 0 N–H and O–H groups in total. The highest BCUT2D eigenvalue weighted by Crippen LogP contribution is 2.25. The van der Waals surface area contributed by atoms with Gasteiger partial charge in [-0.1, -0.05) is 79.8 Å². The number of benzene rings is 3. The molecule has 3 aromatic rings. The van der Waals surface area contributed by atoms with E-state index in [0.717, 1.165) is 61.6 Å². The molecular formula is C32H36Br3N3O2. The van der Waals surface area contributed by atoms with E-state index in [4.69, 9.17) is 0 Å². The van der Waals surface area contributed by atoms with Gasteiger partial charge in [-0.05, 0) is 89.2 Å². The molecule has 0 spiro atoms. The Labute approximate surface area is 263 Å². The van der Waals surface area contributed by atoms with Gasteiger partial charge in [-0.25, -0.2) is 0 Å². The van der Waals surface area contributed by atoms with E-state index in [0.29, 0.717) is 38.5 Å². The molecule has 212 valence electrons. The van der Waals surface area contributed by atoms with Crippen LogP contribution < -0.4 is 0 Å². The van der Waals surface area contributed by atoms with Crippen molar-refractivity contribution in [2.45, 2.75) is 66.0 Å². The largest absolute Gasteiger partial charge is 0.337 e. The molecule has 0 saturated heterocycles. The Morgan fingerprint density at radius 1 is 0.700 bits per heavy atom. The fourth-order valence-electron chi connectivity index (χ4n) is 5.22. The van der Waals surface area contributed by atoms with Gasteiger partial charge in [-0.2, -0.15) is 0 Å². The van der Waals surface area contributed by atoms with Crippen LogP contribution in [0.4, 0.5) is 0 Å². The summed E-state index contributed by atoms with van der Waals surface area (Å²) in [7, 11) is 2.11. The van der Waals surface area contributed by atoms with Gasteiger partial charge < -0.3 is 9.80 Å². The summed E-state index contributed by atoms with van der Waals surface area (Å²) < 4.78 is 2.96. The SMILES string of the molecule is CC(C)CCC(=O)N1Cc2cc(Br)cc(c2)CN(C)Cc2cc(Br)cc(c2)CN(C=O)Cc2cc(Br)cc(c2)C1. The highest BCUT2D eigenvalue weighted by Gasteiger charge is 2.18. The number of carbonyl (C=O) groups excluding carboxylic acids is 2. The van der Waals surface area contributed by atoms with Gasteiger partial charge in [-0.15, -0.1) is 0 Å². The Bertz CT molecular complexity index is 1360. The molecule has 0 aromatic heterocycles. The van der Waals surface area contributed by atoms with Crippen LogP contribution in [0.5, 0.6) is 0 Å². The number of amides is 2. The molecule has 5 nitrogen and oxygen atoms in total. The summed E-state index contributed by atoms with van der Waals surface area (Å²) in [5.74, 6) is 0.617. The first-order valence-corrected chi connectivity index (χ1v) is 15.9. The summed E-state index contributed by atoms with van der Waals surface area (Å²) in [5, 5.41) is 0. The molecule has 0 unspecified atom stereocenters. The number of halogens is 3. The predicted molar refractivity (Wildman–Crippen MR) is 171 cm³/mol. The Morgan fingerprint density at radius 2 is 1.07 bits per heavy atom. The van der Waals surface area contributed by atoms with E-state index >= 15 is 0 Å². The van der Waals surface area contributed by atoms with Crippen molar-refractivity contribution >= 4 is 60.1 Å². The number of hydrogen-bond acceptors (Lipinski definition) is 3. The van der Waals surface area contributed by atoms with Crippen molar-refractivity contribution in [2.75, 3.05) is 7.05 Å². The van der Waals surface area contributed by atoms with E-state index in [1.54, 1.807) is 4.90 Å². The van der Waals surface area contributed by atoms with Crippen molar-refractivity contribution in [1.82, 2.24) is 14.7 Å². The third-order valence-corrected chi connectivity index (χ3v) is 8.29. The van der Waals surface area contributed by atoms with E-state index in [1.807, 2.05) is 11.0 Å². The second kappa shape index (κ2) is 14.3. The summed E-state index contributed by atoms with van der Waals surface area (Å²) >= 11 is 11.1. The maximum absolute atomic E-state index is 13.5. The van der Waals surface area contributed by atoms with E-state index in [-0.39, 0.29) is 5.91 Å². The van der Waals surface area contributed by atoms with Crippen LogP contribution in [0.1, 0.15) is 60.1 Å². The minimum atomic E-state index is 0.154. The summed E-state index contributed by atoms with van der Waals surface area (Å²) in [5.41, 5.74) is 6.60. The van der Waals surface area contributed by atoms with Gasteiger partial charge in [0.05, 0.1) is 0 Å². The molecule has 1 aliphatic heterocycles. The Balaban J connectivity index is 1.75. The van der Waals surface area contributed by atoms with Crippen LogP contribution in [-0.2, 0) is 48.9 Å². The van der Waals surface area contributed by atoms with Crippen molar-refractivity contribution in [1.29, 1.82) is 0 Å². The van der Waals surface area contributed by atoms with E-state index in [9.17, 15) is 9.59 Å². The zero-order valence-corrected chi connectivity index (χ0v) is 28.1. The van der Waals surface area contributed by atoms with Gasteiger partial charge in [0, 0.05) is 59.1 Å². The zero-order valence-electron chi connectivity index (χ0n) is 23.3. The standard InChI is InChI=1S/C32H36Br3N3O2/c1-22(2)4-5-32(40)38-19-27-7-24(10-30(34)13-27)16-36(3)15-23-6-25(11-29(33)9-23)17-37(21-39)18-26-8-28(20-38)14-31(35)12-26/h6-14,21-22H,4-5,15-20H2,1-3H3. The lowest BCUT2D eigenvalue weighted by atomic mass is 10.0. The summed E-state index contributed by atoms with van der Waals surface area (Å²) in [4.78, 5) is 31.7. The van der Waals surface area contributed by atoms with Crippen molar-refractivity contribution in [3.05, 3.63) is 101 Å². The normalized spacial score (nSPS) is 15.1. The fraction of sp³-hybridized carbons (Fsp3) is 0.375. The minimum Gasteiger partial charge on any atom is -0.337 e. The minimum absolute atomic E-state index is 0.154. The highest BCUT2D eigenvalue weighted by atomic mass is 79.9. The van der Waals surface area contributed by atoms with Crippen molar-refractivity contribution in [3.8, 4) is 0 Å². The first kappa shape index (κ1) is 30.9. The number of nitrogens with zero attached hydrogens (tertiary/aromatic N) is 3. The van der Waals surface area contributed by atoms with Crippen LogP contribution in [0.2, 0.25) is 0 Å². The maximum Gasteiger partial charge on any atom is 0.223 e. The lowest BCUT2D eigenvalue weighted by molar-refractivity contribution is -0.132. The molecule has 3 aromatic carbocycles. The molecule has 0 atom stereocenters. The van der Waals surface area contributed by atoms with Crippen LogP contribution in [0.3, 0.4) is 0 Å². The number of hydrogen-bond donors (Lipinski definition) is 0. The second-order valence-electron chi connectivity index (χ2n) is 11.3. The van der Waals surface area contributed by atoms with Crippen molar-refractivity contribution in [2.24, 2.45) is 5.92 Å². The molecular weight excluding hydrogens is 698 g/mol. The molecule has 0 saturated carbocycles. The summed E-state index contributed by atoms with van der Waals surface area (Å²) in [6, 6.07) is 19.1. The molecule has 8 heteroatoms. The lowest BCUT2D eigenvalue weighted by Gasteiger charge is -2.26. The first-order valence-electron chi connectivity index (χ1n) is 13.6. The maximum atomic E-state index is 13.5. The Kier molecular flexibility index (Phi) is 11.0. The van der Waals surface area contributed by atoms with E-state index in [1.165, 1.54) is 11.1 Å². The Morgan fingerprint density at radius 3 is 1.45 bits per heavy atom. The van der Waals surface area contributed by atoms with Crippen LogP contribution >= 0.6 is 47.8 Å². The molecule has 0 aliphatic carbocycles. The molecule has 1 aliphatic rings. The average Bonchev–Trinajstić information content (AvgIpc) is 2.84. The van der Waals surface area contributed by atoms with E-state index < -0.39 is 0 Å². The van der Waals surface area contributed by atoms with Crippen molar-refractivity contribution in [3.63, 3.8) is 0 Å². The zero-order chi connectivity index (χ0) is 28.8. The lowest BCUT2D eigenvalue weighted by Crippen LogP contribution is -2.30. The molecule has 6 bridgehead atoms. The van der Waals surface area contributed by atoms with Crippen LogP contribution in [-0.4, -0.2) is 34.1 Å². The third-order valence-electron chi connectivity index (χ3n) is 6.91. The van der Waals surface area contributed by atoms with Crippen LogP contribution in [0.15, 0.2) is 68.0 Å². The van der Waals surface area contributed by atoms with Gasteiger partial charge in [0.15, 0.2) is 0 Å². The molecule has 2 amide bonds. The summed E-state index contributed by atoms with van der Waals surface area (Å²) in [6.07, 6.45) is 2.30. The second-order valence-corrected chi connectivity index (χ2v) is 14.0. The molecule has 0 fully saturated rings. The molecule has 0 radical (unpaired) electrons. The van der Waals surface area contributed by atoms with Gasteiger partial charge >= 0.3 is 0 Å². The monoisotopic (exact) mass is 731 g/mol. The number of fused-ring (bicyclic) bond motifs is 6. The Hall–Kier alpha value is -2.00. The number of rotatable bonds is 4.